The highest BCUT2D eigenvalue weighted by Gasteiger charge is 2.31. The van der Waals surface area contributed by atoms with Gasteiger partial charge in [-0.25, -0.2) is 0 Å². The number of halogens is 2. The summed E-state index contributed by atoms with van der Waals surface area (Å²) >= 11 is 15.2. The number of nitrogens with one attached hydrogen (secondary N) is 1. The molecule has 8 heteroatoms. The number of amides is 1. The van der Waals surface area contributed by atoms with Gasteiger partial charge < -0.3 is 5.32 Å². The number of nitrogens with zero attached hydrogens (tertiary/aromatic N) is 2. The molecule has 2 heterocycles. The van der Waals surface area contributed by atoms with Crippen LogP contribution in [0.5, 0.6) is 0 Å². The van der Waals surface area contributed by atoms with Gasteiger partial charge in [-0.05, 0) is 35.6 Å². The number of benzene rings is 1. The van der Waals surface area contributed by atoms with Crippen LogP contribution in [0.15, 0.2) is 45.9 Å². The third kappa shape index (κ3) is 4.14. The van der Waals surface area contributed by atoms with Gasteiger partial charge in [0.15, 0.2) is 5.17 Å². The molecule has 1 N–H and O–H groups in total. The lowest BCUT2D eigenvalue weighted by atomic mass is 10.1. The van der Waals surface area contributed by atoms with Crippen LogP contribution in [0.3, 0.4) is 0 Å². The van der Waals surface area contributed by atoms with Gasteiger partial charge >= 0.3 is 0 Å². The Labute approximate surface area is 151 Å². The number of carbonyl (C=O) groups is 1. The molecule has 0 spiro atoms. The second kappa shape index (κ2) is 7.49. The largest absolute Gasteiger partial charge is 0.303 e. The van der Waals surface area contributed by atoms with Crippen molar-refractivity contribution in [3.63, 3.8) is 0 Å². The van der Waals surface area contributed by atoms with Crippen LogP contribution < -0.4 is 5.32 Å². The van der Waals surface area contributed by atoms with Crippen molar-refractivity contribution < 1.29 is 4.79 Å². The number of hydrogen-bond donors (Lipinski definition) is 1. The first-order valence-electron chi connectivity index (χ1n) is 6.68. The first kappa shape index (κ1) is 16.5. The molecule has 1 aliphatic rings. The third-order valence-corrected chi connectivity index (χ3v) is 5.69. The SMILES string of the molecule is O=C1N/C(=N/N=C/c2cccs2)SC1Cc1c(Cl)cccc1Cl. The number of thioether (sulfide) groups is 1. The molecular weight excluding hydrogens is 373 g/mol. The molecule has 1 unspecified atom stereocenters. The molecule has 0 aliphatic carbocycles. The van der Waals surface area contributed by atoms with E-state index in [2.05, 4.69) is 15.5 Å². The lowest BCUT2D eigenvalue weighted by molar-refractivity contribution is -0.118. The van der Waals surface area contributed by atoms with Gasteiger partial charge in [0.25, 0.3) is 0 Å². The fourth-order valence-electron chi connectivity index (χ4n) is 2.00. The Bertz CT molecular complexity index is 755. The van der Waals surface area contributed by atoms with Crippen molar-refractivity contribution >= 4 is 63.6 Å². The monoisotopic (exact) mass is 383 g/mol. The van der Waals surface area contributed by atoms with E-state index >= 15 is 0 Å². The van der Waals surface area contributed by atoms with Gasteiger partial charge in [0.1, 0.15) is 0 Å². The zero-order valence-corrected chi connectivity index (χ0v) is 14.8. The number of amidine groups is 1. The smallest absolute Gasteiger partial charge is 0.239 e. The van der Waals surface area contributed by atoms with E-state index in [0.717, 1.165) is 10.4 Å². The maximum atomic E-state index is 12.1. The molecule has 0 saturated carbocycles. The summed E-state index contributed by atoms with van der Waals surface area (Å²) < 4.78 is 0. The molecule has 1 atom stereocenters. The predicted octanol–water partition coefficient (Wildman–Crippen LogP) is 4.22. The Morgan fingerprint density at radius 1 is 1.22 bits per heavy atom. The molecule has 23 heavy (non-hydrogen) atoms. The summed E-state index contributed by atoms with van der Waals surface area (Å²) in [6.07, 6.45) is 2.10. The summed E-state index contributed by atoms with van der Waals surface area (Å²) in [6.45, 7) is 0. The van der Waals surface area contributed by atoms with Gasteiger partial charge in [-0.15, -0.1) is 16.4 Å². The normalized spacial score (nSPS) is 19.7. The average molecular weight is 384 g/mol. The number of rotatable bonds is 4. The molecule has 1 fully saturated rings. The lowest BCUT2D eigenvalue weighted by Gasteiger charge is -2.09. The van der Waals surface area contributed by atoms with E-state index in [9.17, 15) is 4.79 Å². The summed E-state index contributed by atoms with van der Waals surface area (Å²) in [4.78, 5) is 13.1. The topological polar surface area (TPSA) is 53.8 Å². The van der Waals surface area contributed by atoms with E-state index in [0.29, 0.717) is 21.6 Å². The first-order valence-corrected chi connectivity index (χ1v) is 9.20. The Balaban J connectivity index is 1.68. The predicted molar refractivity (Wildman–Crippen MR) is 99.0 cm³/mol. The molecule has 4 nitrogen and oxygen atoms in total. The van der Waals surface area contributed by atoms with Gasteiger partial charge in [0.05, 0.1) is 11.5 Å². The summed E-state index contributed by atoms with van der Waals surface area (Å²) in [5.74, 6) is -0.115. The number of hydrogen-bond acceptors (Lipinski definition) is 5. The number of thiophene rings is 1. The first-order chi connectivity index (χ1) is 11.1. The molecule has 1 aliphatic heterocycles. The molecule has 1 saturated heterocycles. The van der Waals surface area contributed by atoms with Crippen molar-refractivity contribution in [2.24, 2.45) is 10.2 Å². The van der Waals surface area contributed by atoms with E-state index in [1.54, 1.807) is 35.8 Å². The van der Waals surface area contributed by atoms with E-state index in [1.165, 1.54) is 11.8 Å². The Morgan fingerprint density at radius 2 is 2.00 bits per heavy atom. The minimum absolute atomic E-state index is 0.115. The van der Waals surface area contributed by atoms with Crippen LogP contribution in [0.1, 0.15) is 10.4 Å². The average Bonchev–Trinajstić information content (AvgIpc) is 3.14. The van der Waals surface area contributed by atoms with Crippen LogP contribution in [0.25, 0.3) is 0 Å². The highest BCUT2D eigenvalue weighted by molar-refractivity contribution is 8.15. The van der Waals surface area contributed by atoms with E-state index in [-0.39, 0.29) is 11.2 Å². The Kier molecular flexibility index (Phi) is 5.38. The maximum absolute atomic E-state index is 12.1. The van der Waals surface area contributed by atoms with Crippen molar-refractivity contribution in [1.82, 2.24) is 5.32 Å². The van der Waals surface area contributed by atoms with E-state index < -0.39 is 0 Å². The highest BCUT2D eigenvalue weighted by Crippen LogP contribution is 2.30. The van der Waals surface area contributed by atoms with Crippen LogP contribution in [0.2, 0.25) is 10.0 Å². The maximum Gasteiger partial charge on any atom is 0.239 e. The fraction of sp³-hybridized carbons (Fsp3) is 0.133. The fourth-order valence-corrected chi connectivity index (χ4v) is 4.07. The minimum atomic E-state index is -0.317. The van der Waals surface area contributed by atoms with Crippen molar-refractivity contribution in [3.05, 3.63) is 56.2 Å². The lowest BCUT2D eigenvalue weighted by Crippen LogP contribution is -2.26. The summed E-state index contributed by atoms with van der Waals surface area (Å²) in [7, 11) is 0. The molecule has 0 radical (unpaired) electrons. The minimum Gasteiger partial charge on any atom is -0.303 e. The van der Waals surface area contributed by atoms with Gasteiger partial charge in [-0.3, -0.25) is 4.79 Å². The van der Waals surface area contributed by atoms with Crippen LogP contribution >= 0.6 is 46.3 Å². The van der Waals surface area contributed by atoms with Crippen molar-refractivity contribution in [1.29, 1.82) is 0 Å². The zero-order chi connectivity index (χ0) is 16.2. The molecule has 2 aromatic rings. The van der Waals surface area contributed by atoms with Crippen molar-refractivity contribution in [2.45, 2.75) is 11.7 Å². The van der Waals surface area contributed by atoms with Crippen molar-refractivity contribution in [2.75, 3.05) is 0 Å². The summed E-state index contributed by atoms with van der Waals surface area (Å²) in [5, 5.41) is 14.0. The highest BCUT2D eigenvalue weighted by atomic mass is 35.5. The molecular formula is C15H11Cl2N3OS2. The van der Waals surface area contributed by atoms with Crippen LogP contribution in [-0.4, -0.2) is 22.5 Å². The molecule has 1 aromatic carbocycles. The van der Waals surface area contributed by atoms with E-state index in [1.807, 2.05) is 17.5 Å². The third-order valence-electron chi connectivity index (χ3n) is 3.10. The molecule has 1 aromatic heterocycles. The molecule has 3 rings (SSSR count). The van der Waals surface area contributed by atoms with E-state index in [4.69, 9.17) is 23.2 Å². The molecule has 118 valence electrons. The zero-order valence-electron chi connectivity index (χ0n) is 11.7. The Hall–Kier alpha value is -1.34. The van der Waals surface area contributed by atoms with Gasteiger partial charge in [0.2, 0.25) is 5.91 Å². The van der Waals surface area contributed by atoms with Crippen LogP contribution in [0.4, 0.5) is 0 Å². The number of carbonyl (C=O) groups excluding carboxylic acids is 1. The van der Waals surface area contributed by atoms with Gasteiger partial charge in [-0.2, -0.15) is 5.10 Å². The van der Waals surface area contributed by atoms with Crippen molar-refractivity contribution in [3.8, 4) is 0 Å². The second-order valence-corrected chi connectivity index (χ2v) is 7.65. The standard InChI is InChI=1S/C15H11Cl2N3OS2/c16-11-4-1-5-12(17)10(11)7-13-14(21)19-15(23-13)20-18-8-9-3-2-6-22-9/h1-6,8,13H,7H2,(H,19,20,21)/b18-8+. The molecule has 0 bridgehead atoms. The quantitative estimate of drug-likeness (QED) is 0.634. The summed E-state index contributed by atoms with van der Waals surface area (Å²) in [5.41, 5.74) is 0.770. The summed E-state index contributed by atoms with van der Waals surface area (Å²) in [6, 6.07) is 9.19. The van der Waals surface area contributed by atoms with Crippen LogP contribution in [0, 0.1) is 0 Å². The molecule has 1 amide bonds. The van der Waals surface area contributed by atoms with Crippen LogP contribution in [-0.2, 0) is 11.2 Å². The van der Waals surface area contributed by atoms with Gasteiger partial charge in [-0.1, -0.05) is 47.1 Å². The Morgan fingerprint density at radius 3 is 2.70 bits per heavy atom. The van der Waals surface area contributed by atoms with Gasteiger partial charge in [0, 0.05) is 14.9 Å². The second-order valence-electron chi connectivity index (χ2n) is 4.67.